The smallest absolute Gasteiger partial charge is 0.102 e. The molecule has 0 aliphatic heterocycles. The molecule has 1 atom stereocenters. The third-order valence-electron chi connectivity index (χ3n) is 3.57. The first-order chi connectivity index (χ1) is 11.1. The van der Waals surface area contributed by atoms with E-state index in [1.54, 1.807) is 12.5 Å². The highest BCUT2D eigenvalue weighted by Gasteiger charge is 2.17. The molecule has 1 aromatic carbocycles. The van der Waals surface area contributed by atoms with E-state index < -0.39 is 0 Å². The number of benzene rings is 1. The minimum Gasteiger partial charge on any atom is -0.367 e. The van der Waals surface area contributed by atoms with Crippen LogP contribution in [-0.4, -0.2) is 9.55 Å². The first kappa shape index (κ1) is 16.5. The monoisotopic (exact) mass is 366 g/mol. The Morgan fingerprint density at radius 3 is 2.83 bits per heavy atom. The molecule has 0 amide bonds. The van der Waals surface area contributed by atoms with E-state index in [4.69, 9.17) is 27.9 Å². The minimum absolute atomic E-state index is 0.173. The normalized spacial score (nSPS) is 12.5. The molecule has 0 saturated heterocycles. The van der Waals surface area contributed by atoms with Gasteiger partial charge in [-0.05, 0) is 30.0 Å². The van der Waals surface area contributed by atoms with Gasteiger partial charge in [0, 0.05) is 28.5 Å². The highest BCUT2D eigenvalue weighted by molar-refractivity contribution is 7.14. The molecule has 2 aromatic heterocycles. The summed E-state index contributed by atoms with van der Waals surface area (Å²) in [6.07, 6.45) is 5.27. The van der Waals surface area contributed by atoms with Crippen molar-refractivity contribution in [3.05, 3.63) is 74.4 Å². The van der Waals surface area contributed by atoms with Gasteiger partial charge < -0.3 is 9.30 Å². The van der Waals surface area contributed by atoms with E-state index in [-0.39, 0.29) is 6.10 Å². The molecular weight excluding hydrogens is 351 g/mol. The molecule has 1 unspecified atom stereocenters. The van der Waals surface area contributed by atoms with Gasteiger partial charge in [0.15, 0.2) is 0 Å². The van der Waals surface area contributed by atoms with Gasteiger partial charge in [0.25, 0.3) is 0 Å². The van der Waals surface area contributed by atoms with Crippen molar-refractivity contribution in [1.82, 2.24) is 9.55 Å². The van der Waals surface area contributed by atoms with Crippen LogP contribution in [0.2, 0.25) is 9.36 Å². The lowest BCUT2D eigenvalue weighted by Gasteiger charge is -2.20. The van der Waals surface area contributed by atoms with Gasteiger partial charge in [0.1, 0.15) is 6.10 Å². The zero-order valence-electron chi connectivity index (χ0n) is 12.6. The molecule has 0 aliphatic rings. The first-order valence-electron chi connectivity index (χ1n) is 7.19. The lowest BCUT2D eigenvalue weighted by atomic mass is 10.1. The number of halogens is 2. The summed E-state index contributed by atoms with van der Waals surface area (Å²) in [5.74, 6) is 0. The van der Waals surface area contributed by atoms with Crippen LogP contribution in [0.5, 0.6) is 0 Å². The van der Waals surface area contributed by atoms with Crippen LogP contribution < -0.4 is 0 Å². The lowest BCUT2D eigenvalue weighted by molar-refractivity contribution is 0.0282. The second-order valence-corrected chi connectivity index (χ2v) is 7.23. The van der Waals surface area contributed by atoms with Crippen molar-refractivity contribution in [1.29, 1.82) is 0 Å². The Morgan fingerprint density at radius 1 is 1.30 bits per heavy atom. The number of aryl methyl sites for hydroxylation is 1. The summed E-state index contributed by atoms with van der Waals surface area (Å²) in [6, 6.07) is 8.01. The van der Waals surface area contributed by atoms with Gasteiger partial charge in [0.2, 0.25) is 0 Å². The number of rotatable bonds is 6. The fourth-order valence-corrected chi connectivity index (χ4v) is 3.59. The van der Waals surface area contributed by atoms with Crippen molar-refractivity contribution in [2.24, 2.45) is 0 Å². The summed E-state index contributed by atoms with van der Waals surface area (Å²) in [5, 5.41) is 2.68. The van der Waals surface area contributed by atoms with Crippen LogP contribution in [0.15, 0.2) is 48.4 Å². The van der Waals surface area contributed by atoms with E-state index in [2.05, 4.69) is 4.98 Å². The predicted molar refractivity (Wildman–Crippen MR) is 95.3 cm³/mol. The Bertz CT molecular complexity index is 771. The van der Waals surface area contributed by atoms with Crippen molar-refractivity contribution in [2.75, 3.05) is 0 Å². The Morgan fingerprint density at radius 2 is 2.17 bits per heavy atom. The number of ether oxygens (including phenoxy) is 1. The molecule has 0 radical (unpaired) electrons. The first-order valence-corrected chi connectivity index (χ1v) is 8.82. The van der Waals surface area contributed by atoms with Gasteiger partial charge in [-0.25, -0.2) is 4.98 Å². The van der Waals surface area contributed by atoms with Gasteiger partial charge in [-0.15, -0.1) is 11.3 Å². The highest BCUT2D eigenvalue weighted by atomic mass is 35.5. The summed E-state index contributed by atoms with van der Waals surface area (Å²) in [7, 11) is 0. The summed E-state index contributed by atoms with van der Waals surface area (Å²) in [4.78, 5) is 4.08. The van der Waals surface area contributed by atoms with Crippen molar-refractivity contribution in [3.63, 3.8) is 0 Å². The van der Waals surface area contributed by atoms with Crippen molar-refractivity contribution < 1.29 is 4.74 Å². The van der Waals surface area contributed by atoms with Crippen LogP contribution in [0.1, 0.15) is 22.8 Å². The molecule has 3 nitrogen and oxygen atoms in total. The highest BCUT2D eigenvalue weighted by Crippen LogP contribution is 2.31. The molecule has 2 heterocycles. The fourth-order valence-electron chi connectivity index (χ4n) is 2.33. The standard InChI is InChI=1S/C17H16Cl2N2OS/c1-12-2-3-14(15(18)8-12)16(9-21-6-5-20-11-21)22-10-13-4-7-23-17(13)19/h2-8,11,16H,9-10H2,1H3. The van der Waals surface area contributed by atoms with Gasteiger partial charge in [-0.3, -0.25) is 0 Å². The van der Waals surface area contributed by atoms with Crippen LogP contribution in [0.25, 0.3) is 0 Å². The second-order valence-electron chi connectivity index (χ2n) is 5.30. The van der Waals surface area contributed by atoms with Crippen LogP contribution >= 0.6 is 34.5 Å². The number of hydrogen-bond acceptors (Lipinski definition) is 3. The van der Waals surface area contributed by atoms with Crippen LogP contribution in [0.3, 0.4) is 0 Å². The zero-order chi connectivity index (χ0) is 16.2. The molecule has 0 spiro atoms. The quantitative estimate of drug-likeness (QED) is 0.574. The number of imidazole rings is 1. The van der Waals surface area contributed by atoms with E-state index in [9.17, 15) is 0 Å². The summed E-state index contributed by atoms with van der Waals surface area (Å²) in [5.41, 5.74) is 3.09. The largest absolute Gasteiger partial charge is 0.367 e. The van der Waals surface area contributed by atoms with Crippen LogP contribution in [0.4, 0.5) is 0 Å². The van der Waals surface area contributed by atoms with Gasteiger partial charge >= 0.3 is 0 Å². The maximum absolute atomic E-state index is 6.43. The summed E-state index contributed by atoms with van der Waals surface area (Å²) < 4.78 is 8.88. The van der Waals surface area contributed by atoms with Crippen molar-refractivity contribution in [2.45, 2.75) is 26.2 Å². The third-order valence-corrected chi connectivity index (χ3v) is 5.15. The van der Waals surface area contributed by atoms with E-state index >= 15 is 0 Å². The Labute approximate surface area is 149 Å². The third kappa shape index (κ3) is 4.15. The number of aromatic nitrogens is 2. The molecule has 3 rings (SSSR count). The molecule has 6 heteroatoms. The molecule has 23 heavy (non-hydrogen) atoms. The van der Waals surface area contributed by atoms with Crippen molar-refractivity contribution >= 4 is 34.5 Å². The van der Waals surface area contributed by atoms with Crippen LogP contribution in [-0.2, 0) is 17.9 Å². The van der Waals surface area contributed by atoms with E-state index in [0.29, 0.717) is 18.2 Å². The number of hydrogen-bond donors (Lipinski definition) is 0. The molecule has 0 bridgehead atoms. The molecule has 3 aromatic rings. The minimum atomic E-state index is -0.173. The number of thiophene rings is 1. The molecule has 0 N–H and O–H groups in total. The van der Waals surface area contributed by atoms with Gasteiger partial charge in [0.05, 0.1) is 23.8 Å². The van der Waals surface area contributed by atoms with Crippen molar-refractivity contribution in [3.8, 4) is 0 Å². The Kier molecular flexibility index (Phi) is 5.38. The maximum atomic E-state index is 6.43. The average molecular weight is 367 g/mol. The van der Waals surface area contributed by atoms with E-state index in [0.717, 1.165) is 21.0 Å². The number of nitrogens with zero attached hydrogens (tertiary/aromatic N) is 2. The second kappa shape index (κ2) is 7.49. The molecule has 120 valence electrons. The molecule has 0 fully saturated rings. The van der Waals surface area contributed by atoms with Gasteiger partial charge in [-0.2, -0.15) is 0 Å². The SMILES string of the molecule is Cc1ccc(C(Cn2ccnc2)OCc2ccsc2Cl)c(Cl)c1. The fraction of sp³-hybridized carbons (Fsp3) is 0.235. The van der Waals surface area contributed by atoms with E-state index in [1.807, 2.05) is 47.3 Å². The molecule has 0 aliphatic carbocycles. The Balaban J connectivity index is 1.82. The lowest BCUT2D eigenvalue weighted by Crippen LogP contribution is -2.12. The predicted octanol–water partition coefficient (Wildman–Crippen LogP) is 5.52. The summed E-state index contributed by atoms with van der Waals surface area (Å²) >= 11 is 14.1. The average Bonchev–Trinajstić information content (AvgIpc) is 3.16. The van der Waals surface area contributed by atoms with Crippen LogP contribution in [0, 0.1) is 6.92 Å². The summed E-state index contributed by atoms with van der Waals surface area (Å²) in [6.45, 7) is 3.11. The maximum Gasteiger partial charge on any atom is 0.102 e. The Hall–Kier alpha value is -1.33. The molecular formula is C17H16Cl2N2OS. The van der Waals surface area contributed by atoms with Gasteiger partial charge in [-0.1, -0.05) is 35.3 Å². The molecule has 0 saturated carbocycles. The van der Waals surface area contributed by atoms with E-state index in [1.165, 1.54) is 11.3 Å². The topological polar surface area (TPSA) is 27.1 Å². The zero-order valence-corrected chi connectivity index (χ0v) is 14.9.